The molecule has 32 heavy (non-hydrogen) atoms. The number of hydrogen-bond donors (Lipinski definition) is 1. The van der Waals surface area contributed by atoms with Crippen molar-refractivity contribution in [2.75, 3.05) is 0 Å². The summed E-state index contributed by atoms with van der Waals surface area (Å²) in [4.78, 5) is 12.4. The van der Waals surface area contributed by atoms with E-state index in [0.29, 0.717) is 12.0 Å². The summed E-state index contributed by atoms with van der Waals surface area (Å²) < 4.78 is 36.4. The lowest BCUT2D eigenvalue weighted by molar-refractivity contribution is 0.0494. The number of carbonyl (C=O) groups is 1. The van der Waals surface area contributed by atoms with Gasteiger partial charge in [0.1, 0.15) is 11.6 Å². The van der Waals surface area contributed by atoms with Crippen molar-refractivity contribution < 1.29 is 22.4 Å². The molecule has 0 aliphatic heterocycles. The molecule has 170 valence electrons. The second kappa shape index (κ2) is 9.52. The third kappa shape index (κ3) is 6.65. The first-order valence-electron chi connectivity index (χ1n) is 10.2. The normalized spacial score (nSPS) is 12.9. The third-order valence-electron chi connectivity index (χ3n) is 4.44. The number of aryl methyl sites for hydroxylation is 1. The third-order valence-corrected chi connectivity index (χ3v) is 5.85. The van der Waals surface area contributed by atoms with E-state index in [2.05, 4.69) is 15.5 Å². The zero-order valence-corrected chi connectivity index (χ0v) is 19.3. The highest BCUT2D eigenvalue weighted by molar-refractivity contribution is 7.90. The molecule has 0 bridgehead atoms. The van der Waals surface area contributed by atoms with Crippen LogP contribution in [0.1, 0.15) is 49.4 Å². The molecule has 0 aliphatic rings. The van der Waals surface area contributed by atoms with Gasteiger partial charge in [0, 0.05) is 6.42 Å². The van der Waals surface area contributed by atoms with Crippen LogP contribution in [-0.4, -0.2) is 30.3 Å². The van der Waals surface area contributed by atoms with Gasteiger partial charge >= 0.3 is 11.3 Å². The Morgan fingerprint density at radius 3 is 2.31 bits per heavy atom. The van der Waals surface area contributed by atoms with Crippen LogP contribution in [0.25, 0.3) is 0 Å². The summed E-state index contributed by atoms with van der Waals surface area (Å²) in [6, 6.07) is 15.8. The van der Waals surface area contributed by atoms with E-state index in [9.17, 15) is 13.2 Å². The van der Waals surface area contributed by atoms with Crippen molar-refractivity contribution in [1.29, 1.82) is 0 Å². The Labute approximate surface area is 187 Å². The lowest BCUT2D eigenvalue weighted by Gasteiger charge is -2.22. The fourth-order valence-electron chi connectivity index (χ4n) is 2.95. The summed E-state index contributed by atoms with van der Waals surface area (Å²) in [5.41, 5.74) is 1.85. The van der Waals surface area contributed by atoms with E-state index in [4.69, 9.17) is 9.15 Å². The smallest absolute Gasteiger partial charge is 0.408 e. The summed E-state index contributed by atoms with van der Waals surface area (Å²) in [7, 11) is -3.85. The van der Waals surface area contributed by atoms with Crippen molar-refractivity contribution in [2.45, 2.75) is 56.7 Å². The highest BCUT2D eigenvalue weighted by atomic mass is 32.2. The molecule has 3 aromatic rings. The molecule has 0 spiro atoms. The predicted molar refractivity (Wildman–Crippen MR) is 119 cm³/mol. The van der Waals surface area contributed by atoms with E-state index in [1.54, 1.807) is 32.9 Å². The van der Waals surface area contributed by atoms with Gasteiger partial charge in [-0.15, -0.1) is 5.10 Å². The molecular weight excluding hydrogens is 430 g/mol. The highest BCUT2D eigenvalue weighted by Crippen LogP contribution is 2.22. The second-order valence-electron chi connectivity index (χ2n) is 8.54. The molecule has 2 aromatic carbocycles. The number of ether oxygens (including phenoxy) is 1. The Bertz CT molecular complexity index is 1150. The zero-order chi connectivity index (χ0) is 23.4. The minimum absolute atomic E-state index is 0.0119. The van der Waals surface area contributed by atoms with Crippen LogP contribution in [0.2, 0.25) is 0 Å². The Morgan fingerprint density at radius 1 is 1.03 bits per heavy atom. The van der Waals surface area contributed by atoms with E-state index in [0.717, 1.165) is 11.1 Å². The van der Waals surface area contributed by atoms with Crippen molar-refractivity contribution in [3.63, 3.8) is 0 Å². The topological polar surface area (TPSA) is 111 Å². The fraction of sp³-hybridized carbons (Fsp3) is 0.348. The van der Waals surface area contributed by atoms with Gasteiger partial charge in [-0.25, -0.2) is 13.2 Å². The number of rotatable bonds is 7. The number of sulfone groups is 1. The molecule has 3 rings (SSSR count). The molecule has 8 nitrogen and oxygen atoms in total. The van der Waals surface area contributed by atoms with E-state index >= 15 is 0 Å². The Hall–Kier alpha value is -3.20. The van der Waals surface area contributed by atoms with Crippen LogP contribution in [0, 0.1) is 6.92 Å². The standard InChI is InChI=1S/C23H27N3O5S/c1-16-10-12-18(13-11-16)15-32(28,29)22-26-25-20(30-22)19(14-17-8-6-5-7-9-17)24-21(27)31-23(2,3)4/h5-13,19H,14-15H2,1-4H3,(H,24,27)/t19-/m1/s1. The molecule has 0 aliphatic carbocycles. The van der Waals surface area contributed by atoms with Crippen LogP contribution < -0.4 is 5.32 Å². The molecule has 1 aromatic heterocycles. The Balaban J connectivity index is 1.83. The van der Waals surface area contributed by atoms with Crippen molar-refractivity contribution in [3.8, 4) is 0 Å². The summed E-state index contributed by atoms with van der Waals surface area (Å²) in [5.74, 6) is -0.278. The fourth-order valence-corrected chi connectivity index (χ4v) is 4.08. The predicted octanol–water partition coefficient (Wildman–Crippen LogP) is 4.16. The lowest BCUT2D eigenvalue weighted by atomic mass is 10.1. The average Bonchev–Trinajstić information content (AvgIpc) is 3.20. The summed E-state index contributed by atoms with van der Waals surface area (Å²) in [6.07, 6.45) is -0.347. The number of nitrogens with one attached hydrogen (secondary N) is 1. The maximum Gasteiger partial charge on any atom is 0.408 e. The number of alkyl carbamates (subject to hydrolysis) is 1. The van der Waals surface area contributed by atoms with Gasteiger partial charge in [-0.3, -0.25) is 0 Å². The van der Waals surface area contributed by atoms with Crippen LogP contribution in [0.4, 0.5) is 4.79 Å². The van der Waals surface area contributed by atoms with E-state index in [1.807, 2.05) is 49.4 Å². The maximum atomic E-state index is 12.8. The molecule has 0 saturated heterocycles. The van der Waals surface area contributed by atoms with Crippen LogP contribution in [0.5, 0.6) is 0 Å². The number of amides is 1. The first-order valence-corrected chi connectivity index (χ1v) is 11.8. The minimum atomic E-state index is -3.85. The molecular formula is C23H27N3O5S. The van der Waals surface area contributed by atoms with Crippen molar-refractivity contribution in [2.24, 2.45) is 0 Å². The molecule has 1 amide bonds. The monoisotopic (exact) mass is 457 g/mol. The van der Waals surface area contributed by atoms with Gasteiger partial charge in [0.15, 0.2) is 0 Å². The molecule has 9 heteroatoms. The molecule has 0 unspecified atom stereocenters. The molecule has 1 heterocycles. The Kier molecular flexibility index (Phi) is 6.98. The summed E-state index contributed by atoms with van der Waals surface area (Å²) in [6.45, 7) is 7.18. The van der Waals surface area contributed by atoms with Crippen molar-refractivity contribution >= 4 is 15.9 Å². The van der Waals surface area contributed by atoms with Gasteiger partial charge in [0.2, 0.25) is 15.7 Å². The van der Waals surface area contributed by atoms with Gasteiger partial charge in [-0.1, -0.05) is 65.3 Å². The molecule has 1 atom stereocenters. The number of nitrogens with zero attached hydrogens (tertiary/aromatic N) is 2. The SMILES string of the molecule is Cc1ccc(CS(=O)(=O)c2nnc([C@@H](Cc3ccccc3)NC(=O)OC(C)(C)C)o2)cc1. The lowest BCUT2D eigenvalue weighted by Crippen LogP contribution is -2.36. The van der Waals surface area contributed by atoms with Crippen LogP contribution >= 0.6 is 0 Å². The first-order chi connectivity index (χ1) is 15.0. The van der Waals surface area contributed by atoms with Crippen LogP contribution in [0.15, 0.2) is 64.2 Å². The quantitative estimate of drug-likeness (QED) is 0.567. The van der Waals surface area contributed by atoms with E-state index in [-0.39, 0.29) is 11.6 Å². The highest BCUT2D eigenvalue weighted by Gasteiger charge is 2.28. The van der Waals surface area contributed by atoms with E-state index < -0.39 is 32.8 Å². The molecule has 0 fully saturated rings. The van der Waals surface area contributed by atoms with Gasteiger partial charge in [0.25, 0.3) is 0 Å². The van der Waals surface area contributed by atoms with Crippen LogP contribution in [0.3, 0.4) is 0 Å². The number of benzene rings is 2. The zero-order valence-electron chi connectivity index (χ0n) is 18.5. The number of carbonyl (C=O) groups excluding carboxylic acids is 1. The maximum absolute atomic E-state index is 12.8. The van der Waals surface area contributed by atoms with Gasteiger partial charge in [0.05, 0.1) is 5.75 Å². The number of hydrogen-bond acceptors (Lipinski definition) is 7. The molecule has 0 saturated carbocycles. The largest absolute Gasteiger partial charge is 0.444 e. The second-order valence-corrected chi connectivity index (χ2v) is 10.4. The summed E-state index contributed by atoms with van der Waals surface area (Å²) >= 11 is 0. The summed E-state index contributed by atoms with van der Waals surface area (Å²) in [5, 5.41) is 9.89. The Morgan fingerprint density at radius 2 is 1.69 bits per heavy atom. The van der Waals surface area contributed by atoms with Crippen molar-refractivity contribution in [1.82, 2.24) is 15.5 Å². The van der Waals surface area contributed by atoms with Gasteiger partial charge in [-0.2, -0.15) is 0 Å². The van der Waals surface area contributed by atoms with Crippen molar-refractivity contribution in [3.05, 3.63) is 77.2 Å². The minimum Gasteiger partial charge on any atom is -0.444 e. The molecule has 1 N–H and O–H groups in total. The average molecular weight is 458 g/mol. The first kappa shape index (κ1) is 23.5. The number of aromatic nitrogens is 2. The van der Waals surface area contributed by atoms with E-state index in [1.165, 1.54) is 0 Å². The van der Waals surface area contributed by atoms with Gasteiger partial charge < -0.3 is 14.5 Å². The molecule has 0 radical (unpaired) electrons. The van der Waals surface area contributed by atoms with Crippen LogP contribution in [-0.2, 0) is 26.7 Å². The van der Waals surface area contributed by atoms with Gasteiger partial charge in [-0.05, 0) is 38.8 Å².